The maximum atomic E-state index is 13.9. The van der Waals surface area contributed by atoms with Crippen molar-refractivity contribution >= 4 is 34.9 Å². The van der Waals surface area contributed by atoms with Crippen LogP contribution in [-0.2, 0) is 0 Å². The van der Waals surface area contributed by atoms with Gasteiger partial charge in [-0.3, -0.25) is 4.79 Å². The maximum absolute atomic E-state index is 13.9. The number of rotatable bonds is 5. The molecule has 1 aromatic carbocycles. The summed E-state index contributed by atoms with van der Waals surface area (Å²) in [5.41, 5.74) is 4.68. The topological polar surface area (TPSA) is 92.9 Å². The summed E-state index contributed by atoms with van der Waals surface area (Å²) < 4.78 is 27.7. The molecular weight excluding hydrogens is 336 g/mol. The molecule has 0 bridgehead atoms. The van der Waals surface area contributed by atoms with Gasteiger partial charge in [-0.05, 0) is 31.2 Å². The van der Waals surface area contributed by atoms with Crippen LogP contribution in [0.4, 0.5) is 26.0 Å². The van der Waals surface area contributed by atoms with Gasteiger partial charge in [0.05, 0.1) is 5.69 Å². The number of anilines is 3. The number of nitrogens with two attached hydrogens (primary N) is 1. The number of nitrogens with zero attached hydrogens (tertiary/aromatic N) is 2. The highest BCUT2D eigenvalue weighted by atomic mass is 32.2. The molecule has 1 aliphatic carbocycles. The number of hydrogen-bond acceptors (Lipinski definition) is 6. The minimum Gasteiger partial charge on any atom is -0.396 e. The Labute approximate surface area is 141 Å². The van der Waals surface area contributed by atoms with E-state index in [0.29, 0.717) is 11.0 Å². The van der Waals surface area contributed by atoms with Crippen molar-refractivity contribution < 1.29 is 13.6 Å². The van der Waals surface area contributed by atoms with Gasteiger partial charge in [-0.1, -0.05) is 11.8 Å². The first-order chi connectivity index (χ1) is 11.5. The highest BCUT2D eigenvalue weighted by Crippen LogP contribution is 2.28. The first kappa shape index (κ1) is 16.4. The summed E-state index contributed by atoms with van der Waals surface area (Å²) in [5.74, 6) is -2.29. The molecule has 0 saturated heterocycles. The lowest BCUT2D eigenvalue weighted by atomic mass is 10.2. The summed E-state index contributed by atoms with van der Waals surface area (Å²) in [7, 11) is 0. The number of thioether (sulfide) groups is 1. The van der Waals surface area contributed by atoms with Crippen LogP contribution in [0.1, 0.15) is 23.2 Å². The second kappa shape index (κ2) is 6.60. The highest BCUT2D eigenvalue weighted by Gasteiger charge is 2.25. The van der Waals surface area contributed by atoms with Gasteiger partial charge in [0.25, 0.3) is 5.91 Å². The van der Waals surface area contributed by atoms with Crippen LogP contribution >= 0.6 is 11.8 Å². The van der Waals surface area contributed by atoms with E-state index in [1.165, 1.54) is 18.0 Å². The number of hydrogen-bond donors (Lipinski definition) is 3. The molecule has 126 valence electrons. The molecule has 2 aromatic rings. The minimum absolute atomic E-state index is 0.112. The number of amides is 1. The van der Waals surface area contributed by atoms with E-state index < -0.39 is 23.2 Å². The van der Waals surface area contributed by atoms with Crippen LogP contribution in [0.25, 0.3) is 0 Å². The number of halogens is 2. The average Bonchev–Trinajstić information content (AvgIpc) is 3.39. The fourth-order valence-corrected chi connectivity index (χ4v) is 2.37. The van der Waals surface area contributed by atoms with Crippen LogP contribution in [0, 0.1) is 11.6 Å². The van der Waals surface area contributed by atoms with Crippen LogP contribution in [0.2, 0.25) is 0 Å². The molecule has 1 fully saturated rings. The second-order valence-corrected chi connectivity index (χ2v) is 6.09. The van der Waals surface area contributed by atoms with Gasteiger partial charge in [0, 0.05) is 12.2 Å². The predicted octanol–water partition coefficient (Wildman–Crippen LogP) is 2.89. The molecule has 0 spiro atoms. The molecule has 4 N–H and O–H groups in total. The quantitative estimate of drug-likeness (QED) is 0.436. The molecule has 3 rings (SSSR count). The number of benzene rings is 1. The second-order valence-electron chi connectivity index (χ2n) is 5.32. The zero-order valence-electron chi connectivity index (χ0n) is 12.8. The van der Waals surface area contributed by atoms with Crippen molar-refractivity contribution in [2.75, 3.05) is 22.6 Å². The van der Waals surface area contributed by atoms with Crippen molar-refractivity contribution in [3.05, 3.63) is 35.5 Å². The Morgan fingerprint density at radius 1 is 1.38 bits per heavy atom. The molecule has 0 unspecified atom stereocenters. The fourth-order valence-electron chi connectivity index (χ4n) is 2.03. The van der Waals surface area contributed by atoms with E-state index in [1.807, 2.05) is 6.26 Å². The fraction of sp³-hybridized carbons (Fsp3) is 0.267. The molecule has 1 aromatic heterocycles. The lowest BCUT2D eigenvalue weighted by molar-refractivity contribution is 0.102. The lowest BCUT2D eigenvalue weighted by Crippen LogP contribution is -2.19. The Kier molecular flexibility index (Phi) is 4.52. The predicted molar refractivity (Wildman–Crippen MR) is 89.2 cm³/mol. The number of carbonyl (C=O) groups excluding carboxylic acids is 1. The zero-order valence-corrected chi connectivity index (χ0v) is 13.6. The van der Waals surface area contributed by atoms with E-state index in [2.05, 4.69) is 20.6 Å². The van der Waals surface area contributed by atoms with Gasteiger partial charge >= 0.3 is 0 Å². The van der Waals surface area contributed by atoms with Crippen LogP contribution in [0.5, 0.6) is 0 Å². The van der Waals surface area contributed by atoms with Gasteiger partial charge in [-0.15, -0.1) is 0 Å². The molecule has 6 nitrogen and oxygen atoms in total. The minimum atomic E-state index is -1.01. The van der Waals surface area contributed by atoms with E-state index in [9.17, 15) is 13.6 Å². The van der Waals surface area contributed by atoms with Crippen LogP contribution in [-0.4, -0.2) is 28.2 Å². The Hall–Kier alpha value is -2.42. The molecule has 1 amide bonds. The van der Waals surface area contributed by atoms with Crippen molar-refractivity contribution in [1.29, 1.82) is 0 Å². The van der Waals surface area contributed by atoms with Crippen molar-refractivity contribution in [3.8, 4) is 0 Å². The Morgan fingerprint density at radius 3 is 2.79 bits per heavy atom. The van der Waals surface area contributed by atoms with Crippen LogP contribution in [0.3, 0.4) is 0 Å². The molecule has 0 radical (unpaired) electrons. The zero-order chi connectivity index (χ0) is 17.3. The van der Waals surface area contributed by atoms with Crippen LogP contribution < -0.4 is 16.4 Å². The molecule has 1 saturated carbocycles. The summed E-state index contributed by atoms with van der Waals surface area (Å²) in [6, 6.07) is 2.34. The molecule has 0 aliphatic heterocycles. The van der Waals surface area contributed by atoms with E-state index in [1.54, 1.807) is 0 Å². The molecule has 9 heteroatoms. The van der Waals surface area contributed by atoms with Gasteiger partial charge in [-0.2, -0.15) is 0 Å². The van der Waals surface area contributed by atoms with Crippen molar-refractivity contribution in [3.63, 3.8) is 0 Å². The summed E-state index contributed by atoms with van der Waals surface area (Å²) in [4.78, 5) is 20.8. The lowest BCUT2D eigenvalue weighted by Gasteiger charge is -2.13. The number of nitrogen functional groups attached to an aromatic ring is 1. The molecule has 24 heavy (non-hydrogen) atoms. The van der Waals surface area contributed by atoms with Gasteiger partial charge in [0.2, 0.25) is 0 Å². The largest absolute Gasteiger partial charge is 0.396 e. The van der Waals surface area contributed by atoms with E-state index in [-0.39, 0.29) is 17.3 Å². The smallest absolute Gasteiger partial charge is 0.261 e. The summed E-state index contributed by atoms with van der Waals surface area (Å²) in [6.45, 7) is 0. The van der Waals surface area contributed by atoms with Gasteiger partial charge in [-0.25, -0.2) is 18.7 Å². The van der Waals surface area contributed by atoms with Crippen LogP contribution in [0.15, 0.2) is 23.5 Å². The summed E-state index contributed by atoms with van der Waals surface area (Å²) in [6.07, 6.45) is 5.12. The maximum Gasteiger partial charge on any atom is 0.261 e. The van der Waals surface area contributed by atoms with E-state index >= 15 is 0 Å². The third kappa shape index (κ3) is 3.40. The average molecular weight is 351 g/mol. The third-order valence-corrected chi connectivity index (χ3v) is 4.03. The van der Waals surface area contributed by atoms with Crippen molar-refractivity contribution in [2.45, 2.75) is 24.0 Å². The first-order valence-corrected chi connectivity index (χ1v) is 8.44. The Morgan fingerprint density at radius 2 is 2.12 bits per heavy atom. The first-order valence-electron chi connectivity index (χ1n) is 7.22. The van der Waals surface area contributed by atoms with Crippen molar-refractivity contribution in [2.24, 2.45) is 0 Å². The van der Waals surface area contributed by atoms with Crippen molar-refractivity contribution in [1.82, 2.24) is 9.97 Å². The Bertz CT molecular complexity index is 798. The SMILES string of the molecule is CSc1ncc(C(=O)Nc2c(F)ccc(N)c2F)c(NC2CC2)n1. The van der Waals surface area contributed by atoms with Gasteiger partial charge in [0.15, 0.2) is 11.0 Å². The van der Waals surface area contributed by atoms with E-state index in [4.69, 9.17) is 5.73 Å². The molecular formula is C15H15F2N5OS. The summed E-state index contributed by atoms with van der Waals surface area (Å²) >= 11 is 1.33. The highest BCUT2D eigenvalue weighted by molar-refractivity contribution is 7.98. The number of carbonyl (C=O) groups is 1. The molecule has 1 heterocycles. The third-order valence-electron chi connectivity index (χ3n) is 3.47. The van der Waals surface area contributed by atoms with E-state index in [0.717, 1.165) is 25.0 Å². The number of aromatic nitrogens is 2. The van der Waals surface area contributed by atoms with Gasteiger partial charge in [0.1, 0.15) is 22.9 Å². The molecule has 0 atom stereocenters. The summed E-state index contributed by atoms with van der Waals surface area (Å²) in [5, 5.41) is 5.84. The Balaban J connectivity index is 1.91. The number of nitrogens with one attached hydrogen (secondary N) is 2. The molecule has 1 aliphatic rings. The normalized spacial score (nSPS) is 13.6. The standard InChI is InChI=1S/C15H15F2N5OS/c1-24-15-19-6-8(13(22-15)20-7-2-3-7)14(23)21-12-9(16)4-5-10(18)11(12)17/h4-7H,2-3,18H2,1H3,(H,21,23)(H,19,20,22). The monoisotopic (exact) mass is 351 g/mol. The van der Waals surface area contributed by atoms with Gasteiger partial charge < -0.3 is 16.4 Å².